The van der Waals surface area contributed by atoms with E-state index in [4.69, 9.17) is 4.98 Å². The Morgan fingerprint density at radius 1 is 1.26 bits per heavy atom. The van der Waals surface area contributed by atoms with Gasteiger partial charge in [-0.3, -0.25) is 9.69 Å². The van der Waals surface area contributed by atoms with Crippen LogP contribution in [0.4, 0.5) is 5.82 Å². The number of fused-ring (bicyclic) bond motifs is 1. The lowest BCUT2D eigenvalue weighted by atomic mass is 9.75. The van der Waals surface area contributed by atoms with Crippen molar-refractivity contribution in [3.63, 3.8) is 0 Å². The molecule has 1 aliphatic heterocycles. The summed E-state index contributed by atoms with van der Waals surface area (Å²) in [7, 11) is -3.41. The van der Waals surface area contributed by atoms with Gasteiger partial charge >= 0.3 is 0 Å². The van der Waals surface area contributed by atoms with Crippen molar-refractivity contribution in [3.05, 3.63) is 36.8 Å². The van der Waals surface area contributed by atoms with Crippen molar-refractivity contribution in [2.24, 2.45) is 17.3 Å². The van der Waals surface area contributed by atoms with E-state index in [1.807, 2.05) is 6.92 Å². The average molecular weight is 436 g/mol. The van der Waals surface area contributed by atoms with Gasteiger partial charge in [-0.25, -0.2) is 22.9 Å². The molecule has 158 valence electrons. The number of nitrogens with zero attached hydrogens (tertiary/aromatic N) is 6. The van der Waals surface area contributed by atoms with Crippen LogP contribution in [0.5, 0.6) is 0 Å². The number of carbonyl (C=O) groups is 1. The Bertz CT molecular complexity index is 1350. The summed E-state index contributed by atoms with van der Waals surface area (Å²) in [6.45, 7) is 2.36. The Morgan fingerprint density at radius 2 is 2.03 bits per heavy atom. The maximum absolute atomic E-state index is 13.5. The molecule has 0 bridgehead atoms. The summed E-state index contributed by atoms with van der Waals surface area (Å²) in [6.07, 6.45) is 7.66. The number of carbonyl (C=O) groups excluding carboxylic acids is 1. The lowest BCUT2D eigenvalue weighted by Crippen LogP contribution is -2.37. The number of rotatable bonds is 4. The molecular weight excluding hydrogens is 416 g/mol. The summed E-state index contributed by atoms with van der Waals surface area (Å²) >= 11 is 0. The van der Waals surface area contributed by atoms with Gasteiger partial charge in [-0.2, -0.15) is 10.4 Å². The molecule has 1 saturated carbocycles. The molecule has 3 aromatic rings. The van der Waals surface area contributed by atoms with E-state index in [2.05, 4.69) is 16.2 Å². The van der Waals surface area contributed by atoms with Crippen molar-refractivity contribution < 1.29 is 13.2 Å². The van der Waals surface area contributed by atoms with E-state index in [1.165, 1.54) is 12.3 Å². The second kappa shape index (κ2) is 6.59. The molecule has 0 N–H and O–H groups in total. The Kier molecular flexibility index (Phi) is 4.17. The first-order valence-corrected chi connectivity index (χ1v) is 11.9. The van der Waals surface area contributed by atoms with E-state index in [0.29, 0.717) is 29.1 Å². The minimum atomic E-state index is -3.41. The van der Waals surface area contributed by atoms with E-state index in [-0.39, 0.29) is 22.8 Å². The summed E-state index contributed by atoms with van der Waals surface area (Å²) in [5.74, 6) is 0.226. The summed E-state index contributed by atoms with van der Waals surface area (Å²) in [5.41, 5.74) is 0.752. The van der Waals surface area contributed by atoms with Crippen LogP contribution in [-0.2, 0) is 14.6 Å². The minimum Gasteiger partial charge on any atom is -0.293 e. The van der Waals surface area contributed by atoms with Crippen LogP contribution in [0.3, 0.4) is 0 Å². The number of nitriles is 1. The third kappa shape index (κ3) is 2.91. The highest BCUT2D eigenvalue weighted by atomic mass is 32.2. The van der Waals surface area contributed by atoms with E-state index in [1.54, 1.807) is 33.9 Å². The van der Waals surface area contributed by atoms with Crippen LogP contribution in [0.1, 0.15) is 19.8 Å². The fourth-order valence-electron chi connectivity index (χ4n) is 4.48. The lowest BCUT2D eigenvalue weighted by molar-refractivity contribution is -0.124. The second-order valence-corrected chi connectivity index (χ2v) is 10.3. The third-order valence-electron chi connectivity index (χ3n) is 6.28. The smallest absolute Gasteiger partial charge is 0.249 e. The number of pyridine rings is 1. The van der Waals surface area contributed by atoms with E-state index < -0.39 is 15.3 Å². The van der Waals surface area contributed by atoms with Crippen LogP contribution >= 0.6 is 0 Å². The number of aromatic nitrogens is 4. The molecule has 0 aromatic carbocycles. The van der Waals surface area contributed by atoms with Crippen molar-refractivity contribution >= 4 is 27.1 Å². The molecule has 1 saturated heterocycles. The maximum Gasteiger partial charge on any atom is 0.249 e. The standard InChI is InChI=1S/C21H20N6O3S/c1-13-10-26(20(28)21(13,12-22)15-4-5-15)19-17-7-8-24-27(17)11-16(25-19)14-3-6-18(23-9-14)31(2,29)30/h3,6-9,11,13,15H,4-5,10H2,1-2H3/t13-,21+/m1/s1. The first-order valence-electron chi connectivity index (χ1n) is 10.00. The van der Waals surface area contributed by atoms with Crippen molar-refractivity contribution in [2.75, 3.05) is 17.7 Å². The summed E-state index contributed by atoms with van der Waals surface area (Å²) in [6, 6.07) is 7.17. The van der Waals surface area contributed by atoms with E-state index in [9.17, 15) is 18.5 Å². The van der Waals surface area contributed by atoms with Gasteiger partial charge in [0.25, 0.3) is 0 Å². The fourth-order valence-corrected chi connectivity index (χ4v) is 5.04. The molecule has 1 aliphatic carbocycles. The average Bonchev–Trinajstić information content (AvgIpc) is 3.42. The zero-order valence-corrected chi connectivity index (χ0v) is 17.9. The number of hydrogen-bond donors (Lipinski definition) is 0. The van der Waals surface area contributed by atoms with Crippen LogP contribution in [0.15, 0.2) is 41.8 Å². The predicted molar refractivity (Wildman–Crippen MR) is 112 cm³/mol. The topological polar surface area (TPSA) is 121 Å². The van der Waals surface area contributed by atoms with Gasteiger partial charge in [0.05, 0.1) is 24.2 Å². The first kappa shape index (κ1) is 19.6. The van der Waals surface area contributed by atoms with Gasteiger partial charge < -0.3 is 0 Å². The number of amides is 1. The molecule has 2 atom stereocenters. The molecule has 2 aliphatic rings. The van der Waals surface area contributed by atoms with E-state index in [0.717, 1.165) is 19.1 Å². The summed E-state index contributed by atoms with van der Waals surface area (Å²) in [4.78, 5) is 23.8. The zero-order valence-electron chi connectivity index (χ0n) is 17.1. The van der Waals surface area contributed by atoms with E-state index >= 15 is 0 Å². The normalized spacial score (nSPS) is 24.0. The predicted octanol–water partition coefficient (Wildman–Crippen LogP) is 2.10. The minimum absolute atomic E-state index is 0.0246. The quantitative estimate of drug-likeness (QED) is 0.614. The third-order valence-corrected chi connectivity index (χ3v) is 7.28. The van der Waals surface area contributed by atoms with Gasteiger partial charge in [-0.1, -0.05) is 6.92 Å². The largest absolute Gasteiger partial charge is 0.293 e. The Labute approximate surface area is 179 Å². The van der Waals surface area contributed by atoms with Crippen LogP contribution in [-0.4, -0.2) is 46.7 Å². The van der Waals surface area contributed by atoms with Gasteiger partial charge in [0, 0.05) is 30.5 Å². The molecule has 2 fully saturated rings. The molecule has 9 nitrogen and oxygen atoms in total. The summed E-state index contributed by atoms with van der Waals surface area (Å²) < 4.78 is 25.0. The monoisotopic (exact) mass is 436 g/mol. The van der Waals surface area contributed by atoms with Crippen LogP contribution in [0.2, 0.25) is 0 Å². The molecule has 3 aromatic heterocycles. The van der Waals surface area contributed by atoms with Gasteiger partial charge in [-0.05, 0) is 37.0 Å². The SMILES string of the molecule is C[C@@H]1CN(c2nc(-c3ccc(S(C)(=O)=O)nc3)cn3nccc23)C(=O)[C@]1(C#N)C1CC1. The van der Waals surface area contributed by atoms with Gasteiger partial charge in [0.1, 0.15) is 10.9 Å². The lowest BCUT2D eigenvalue weighted by Gasteiger charge is -2.23. The molecule has 1 amide bonds. The maximum atomic E-state index is 13.5. The molecular formula is C21H20N6O3S. The van der Waals surface area contributed by atoms with Crippen LogP contribution in [0.25, 0.3) is 16.8 Å². The Hall–Kier alpha value is -3.32. The van der Waals surface area contributed by atoms with Gasteiger partial charge in [-0.15, -0.1) is 0 Å². The van der Waals surface area contributed by atoms with Crippen molar-refractivity contribution in [1.82, 2.24) is 19.6 Å². The van der Waals surface area contributed by atoms with Gasteiger partial charge in [0.15, 0.2) is 20.7 Å². The van der Waals surface area contributed by atoms with Crippen molar-refractivity contribution in [2.45, 2.75) is 24.8 Å². The highest BCUT2D eigenvalue weighted by Gasteiger charge is 2.61. The Balaban J connectivity index is 1.61. The second-order valence-electron chi connectivity index (χ2n) is 8.34. The molecule has 10 heteroatoms. The number of hydrogen-bond acceptors (Lipinski definition) is 7. The first-order chi connectivity index (χ1) is 14.8. The van der Waals surface area contributed by atoms with Crippen molar-refractivity contribution in [3.8, 4) is 17.3 Å². The zero-order chi connectivity index (χ0) is 22.0. The van der Waals surface area contributed by atoms with Crippen LogP contribution < -0.4 is 4.90 Å². The fraction of sp³-hybridized carbons (Fsp3) is 0.381. The Morgan fingerprint density at radius 3 is 2.65 bits per heavy atom. The highest BCUT2D eigenvalue weighted by molar-refractivity contribution is 7.90. The molecule has 0 unspecified atom stereocenters. The molecule has 31 heavy (non-hydrogen) atoms. The molecule has 5 rings (SSSR count). The molecule has 0 spiro atoms. The van der Waals surface area contributed by atoms with Gasteiger partial charge in [0.2, 0.25) is 5.91 Å². The van der Waals surface area contributed by atoms with Crippen molar-refractivity contribution in [1.29, 1.82) is 5.26 Å². The molecule has 0 radical (unpaired) electrons. The van der Waals surface area contributed by atoms with Crippen LogP contribution in [0, 0.1) is 28.6 Å². The summed E-state index contributed by atoms with van der Waals surface area (Å²) in [5, 5.41) is 14.2. The number of sulfone groups is 1. The number of anilines is 1. The highest BCUT2D eigenvalue weighted by Crippen LogP contribution is 2.54. The molecule has 4 heterocycles.